The number of rotatable bonds is 8. The lowest BCUT2D eigenvalue weighted by molar-refractivity contribution is -0.0976. The lowest BCUT2D eigenvalue weighted by Gasteiger charge is -2.59. The second-order valence-electron chi connectivity index (χ2n) is 6.35. The molecule has 0 aromatic rings. The van der Waals surface area contributed by atoms with E-state index in [2.05, 4.69) is 16.7 Å². The number of hydrogen-bond acceptors (Lipinski definition) is 5. The topological polar surface area (TPSA) is 51.0 Å². The zero-order chi connectivity index (χ0) is 14.6. The van der Waals surface area contributed by atoms with E-state index in [4.69, 9.17) is 15.2 Å². The quantitative estimate of drug-likeness (QED) is 0.699. The van der Waals surface area contributed by atoms with Crippen LogP contribution in [0.15, 0.2) is 0 Å². The summed E-state index contributed by atoms with van der Waals surface area (Å²) in [6, 6.07) is 0.374. The second kappa shape index (κ2) is 7.18. The van der Waals surface area contributed by atoms with Gasteiger partial charge in [-0.25, -0.2) is 0 Å². The molecule has 0 aromatic carbocycles. The molecule has 5 nitrogen and oxygen atoms in total. The summed E-state index contributed by atoms with van der Waals surface area (Å²) < 4.78 is 10.7. The maximum Gasteiger partial charge on any atom is 0.0615 e. The smallest absolute Gasteiger partial charge is 0.0615 e. The van der Waals surface area contributed by atoms with Crippen LogP contribution in [0.2, 0.25) is 0 Å². The maximum absolute atomic E-state index is 6.28. The van der Waals surface area contributed by atoms with Crippen molar-refractivity contribution in [2.45, 2.75) is 31.3 Å². The summed E-state index contributed by atoms with van der Waals surface area (Å²) in [7, 11) is 3.54. The van der Waals surface area contributed by atoms with E-state index in [0.29, 0.717) is 12.0 Å². The molecular formula is C15H31N3O2. The first kappa shape index (κ1) is 16.2. The number of hydrogen-bond donors (Lipinski definition) is 1. The van der Waals surface area contributed by atoms with Crippen molar-refractivity contribution < 1.29 is 9.47 Å². The minimum atomic E-state index is 0.104. The molecule has 2 N–H and O–H groups in total. The van der Waals surface area contributed by atoms with E-state index in [1.54, 1.807) is 14.2 Å². The fourth-order valence-electron chi connectivity index (χ4n) is 4.22. The van der Waals surface area contributed by atoms with Crippen molar-refractivity contribution in [3.8, 4) is 0 Å². The van der Waals surface area contributed by atoms with Gasteiger partial charge in [0.1, 0.15) is 0 Å². The van der Waals surface area contributed by atoms with Gasteiger partial charge in [-0.05, 0) is 38.8 Å². The van der Waals surface area contributed by atoms with Crippen LogP contribution >= 0.6 is 0 Å². The fourth-order valence-corrected chi connectivity index (χ4v) is 4.22. The average Bonchev–Trinajstić information content (AvgIpc) is 2.49. The molecule has 5 heteroatoms. The largest absolute Gasteiger partial charge is 0.383 e. The zero-order valence-electron chi connectivity index (χ0n) is 13.3. The Balaban J connectivity index is 2.18. The van der Waals surface area contributed by atoms with E-state index in [0.717, 1.165) is 32.8 Å². The van der Waals surface area contributed by atoms with Gasteiger partial charge in [-0.15, -0.1) is 0 Å². The fraction of sp³-hybridized carbons (Fsp3) is 1.00. The molecule has 3 aliphatic rings. The van der Waals surface area contributed by atoms with E-state index in [1.165, 1.54) is 25.9 Å². The van der Waals surface area contributed by atoms with Gasteiger partial charge in [0.2, 0.25) is 0 Å². The molecule has 3 fully saturated rings. The number of ether oxygens (including phenoxy) is 2. The van der Waals surface area contributed by atoms with Crippen molar-refractivity contribution in [3.63, 3.8) is 0 Å². The van der Waals surface area contributed by atoms with E-state index >= 15 is 0 Å². The van der Waals surface area contributed by atoms with Crippen LogP contribution in [0.25, 0.3) is 0 Å². The van der Waals surface area contributed by atoms with Crippen LogP contribution in [0.5, 0.6) is 0 Å². The van der Waals surface area contributed by atoms with Crippen LogP contribution < -0.4 is 5.73 Å². The van der Waals surface area contributed by atoms with Crippen molar-refractivity contribution in [2.75, 3.05) is 60.2 Å². The Morgan fingerprint density at radius 2 is 2.00 bits per heavy atom. The van der Waals surface area contributed by atoms with Gasteiger partial charge in [0.15, 0.2) is 0 Å². The van der Waals surface area contributed by atoms with Crippen molar-refractivity contribution >= 4 is 0 Å². The number of nitrogens with zero attached hydrogens (tertiary/aromatic N) is 2. The molecule has 2 atom stereocenters. The van der Waals surface area contributed by atoms with E-state index in [9.17, 15) is 0 Å². The molecule has 3 aliphatic heterocycles. The molecule has 2 unspecified atom stereocenters. The molecule has 20 heavy (non-hydrogen) atoms. The first-order valence-corrected chi connectivity index (χ1v) is 7.85. The lowest BCUT2D eigenvalue weighted by atomic mass is 9.71. The highest BCUT2D eigenvalue weighted by Crippen LogP contribution is 2.40. The van der Waals surface area contributed by atoms with Gasteiger partial charge < -0.3 is 20.1 Å². The molecule has 0 radical (unpaired) electrons. The van der Waals surface area contributed by atoms with Crippen molar-refractivity contribution in [1.82, 2.24) is 9.80 Å². The molecule has 3 rings (SSSR count). The Morgan fingerprint density at radius 3 is 2.45 bits per heavy atom. The van der Waals surface area contributed by atoms with E-state index in [-0.39, 0.29) is 5.54 Å². The Bertz CT molecular complexity index is 295. The van der Waals surface area contributed by atoms with Gasteiger partial charge in [-0.2, -0.15) is 0 Å². The van der Waals surface area contributed by atoms with Crippen molar-refractivity contribution in [2.24, 2.45) is 11.7 Å². The molecule has 0 aliphatic carbocycles. The van der Waals surface area contributed by atoms with E-state index < -0.39 is 0 Å². The summed E-state index contributed by atoms with van der Waals surface area (Å²) >= 11 is 0. The van der Waals surface area contributed by atoms with Gasteiger partial charge in [0.05, 0.1) is 13.2 Å². The molecule has 0 aromatic heterocycles. The highest BCUT2D eigenvalue weighted by atomic mass is 16.5. The van der Waals surface area contributed by atoms with Gasteiger partial charge in [0.25, 0.3) is 0 Å². The Morgan fingerprint density at radius 1 is 1.30 bits per heavy atom. The highest BCUT2D eigenvalue weighted by Gasteiger charge is 2.50. The molecule has 0 spiro atoms. The van der Waals surface area contributed by atoms with E-state index in [1.807, 2.05) is 0 Å². The molecule has 0 amide bonds. The lowest BCUT2D eigenvalue weighted by Crippen LogP contribution is -2.72. The average molecular weight is 285 g/mol. The van der Waals surface area contributed by atoms with Crippen LogP contribution in [0.4, 0.5) is 0 Å². The van der Waals surface area contributed by atoms with Crippen LogP contribution in [0, 0.1) is 5.92 Å². The van der Waals surface area contributed by atoms with Crippen molar-refractivity contribution in [3.05, 3.63) is 0 Å². The highest BCUT2D eigenvalue weighted by molar-refractivity contribution is 5.07. The third kappa shape index (κ3) is 3.02. The predicted molar refractivity (Wildman–Crippen MR) is 80.9 cm³/mol. The van der Waals surface area contributed by atoms with Gasteiger partial charge in [-0.1, -0.05) is 0 Å². The van der Waals surface area contributed by atoms with Crippen LogP contribution in [0.1, 0.15) is 19.8 Å². The summed E-state index contributed by atoms with van der Waals surface area (Å²) in [5.41, 5.74) is 6.39. The summed E-state index contributed by atoms with van der Waals surface area (Å²) in [6.07, 6.45) is 2.56. The third-order valence-electron chi connectivity index (χ3n) is 5.25. The maximum atomic E-state index is 6.28. The monoisotopic (exact) mass is 285 g/mol. The summed E-state index contributed by atoms with van der Waals surface area (Å²) in [5.74, 6) is 0.716. The van der Waals surface area contributed by atoms with Crippen LogP contribution in [0.3, 0.4) is 0 Å². The van der Waals surface area contributed by atoms with Gasteiger partial charge in [-0.3, -0.25) is 4.90 Å². The number of piperidine rings is 3. The van der Waals surface area contributed by atoms with Crippen LogP contribution in [-0.2, 0) is 9.47 Å². The minimum absolute atomic E-state index is 0.104. The summed E-state index contributed by atoms with van der Waals surface area (Å²) in [6.45, 7) is 8.99. The molecule has 2 bridgehead atoms. The number of methoxy groups -OCH3 is 2. The normalized spacial score (nSPS) is 34.6. The molecule has 0 saturated carbocycles. The number of nitrogens with two attached hydrogens (primary N) is 1. The standard InChI is InChI=1S/C15H31N3O2/c1-13(10-20-3)18(8-9-19-2)15(11-16)12-17-6-4-14(15)5-7-17/h13-14H,4-12,16H2,1-3H3. The van der Waals surface area contributed by atoms with Crippen LogP contribution in [-0.4, -0.2) is 81.5 Å². The number of fused-ring (bicyclic) bond motifs is 3. The summed E-state index contributed by atoms with van der Waals surface area (Å²) in [4.78, 5) is 5.14. The SMILES string of the molecule is COCCN(C(C)COC)C1(CN)CN2CCC1CC2. The molecule has 118 valence electrons. The Labute approximate surface area is 123 Å². The third-order valence-corrected chi connectivity index (χ3v) is 5.25. The first-order valence-electron chi connectivity index (χ1n) is 7.85. The summed E-state index contributed by atoms with van der Waals surface area (Å²) in [5, 5.41) is 0. The molecule has 3 saturated heterocycles. The minimum Gasteiger partial charge on any atom is -0.383 e. The zero-order valence-corrected chi connectivity index (χ0v) is 13.3. The van der Waals surface area contributed by atoms with Gasteiger partial charge in [0, 0.05) is 45.4 Å². The first-order chi connectivity index (χ1) is 9.67. The Hall–Kier alpha value is -0.200. The second-order valence-corrected chi connectivity index (χ2v) is 6.35. The Kier molecular flexibility index (Phi) is 5.81. The predicted octanol–water partition coefficient (Wildman–Crippen LogP) is 0.393. The van der Waals surface area contributed by atoms with Crippen molar-refractivity contribution in [1.29, 1.82) is 0 Å². The van der Waals surface area contributed by atoms with Gasteiger partial charge >= 0.3 is 0 Å². The molecular weight excluding hydrogens is 254 g/mol. The molecule has 3 heterocycles.